The van der Waals surface area contributed by atoms with E-state index in [4.69, 9.17) is 5.26 Å². The van der Waals surface area contributed by atoms with E-state index in [1.54, 1.807) is 6.20 Å². The SMILES string of the molecule is CN(C)CCN1CCN(c2ccc(C#N)cn2)CC1. The number of likely N-dealkylation sites (N-methyl/N-ethyl adjacent to an activating group) is 1. The maximum atomic E-state index is 8.76. The van der Waals surface area contributed by atoms with Crippen molar-refractivity contribution in [3.05, 3.63) is 23.9 Å². The van der Waals surface area contributed by atoms with Gasteiger partial charge in [0, 0.05) is 45.5 Å². The van der Waals surface area contributed by atoms with Crippen molar-refractivity contribution in [3.63, 3.8) is 0 Å². The van der Waals surface area contributed by atoms with E-state index in [1.807, 2.05) is 12.1 Å². The Hall–Kier alpha value is -1.64. The number of anilines is 1. The zero-order chi connectivity index (χ0) is 13.7. The minimum Gasteiger partial charge on any atom is -0.354 e. The quantitative estimate of drug-likeness (QED) is 0.794. The Balaban J connectivity index is 1.84. The van der Waals surface area contributed by atoms with Gasteiger partial charge in [0.2, 0.25) is 0 Å². The molecule has 0 radical (unpaired) electrons. The summed E-state index contributed by atoms with van der Waals surface area (Å²) in [4.78, 5) is 11.3. The fourth-order valence-electron chi connectivity index (χ4n) is 2.18. The molecular formula is C14H21N5. The van der Waals surface area contributed by atoms with Gasteiger partial charge < -0.3 is 9.80 Å². The first-order chi connectivity index (χ1) is 9.19. The highest BCUT2D eigenvalue weighted by atomic mass is 15.3. The molecule has 1 aliphatic rings. The van der Waals surface area contributed by atoms with Crippen LogP contribution < -0.4 is 4.90 Å². The fraction of sp³-hybridized carbons (Fsp3) is 0.571. The lowest BCUT2D eigenvalue weighted by atomic mass is 10.2. The summed E-state index contributed by atoms with van der Waals surface area (Å²) >= 11 is 0. The molecule has 2 rings (SSSR count). The zero-order valence-electron chi connectivity index (χ0n) is 11.7. The van der Waals surface area contributed by atoms with Crippen LogP contribution in [0.1, 0.15) is 5.56 Å². The van der Waals surface area contributed by atoms with Gasteiger partial charge in [-0.2, -0.15) is 5.26 Å². The molecule has 1 fully saturated rings. The molecular weight excluding hydrogens is 238 g/mol. The van der Waals surface area contributed by atoms with Crippen molar-refractivity contribution in [2.24, 2.45) is 0 Å². The third kappa shape index (κ3) is 3.91. The molecule has 5 nitrogen and oxygen atoms in total. The van der Waals surface area contributed by atoms with Crippen molar-refractivity contribution in [1.29, 1.82) is 5.26 Å². The van der Waals surface area contributed by atoms with E-state index < -0.39 is 0 Å². The highest BCUT2D eigenvalue weighted by molar-refractivity contribution is 5.42. The predicted molar refractivity (Wildman–Crippen MR) is 76.2 cm³/mol. The number of piperazine rings is 1. The molecule has 0 N–H and O–H groups in total. The highest BCUT2D eigenvalue weighted by Gasteiger charge is 2.17. The van der Waals surface area contributed by atoms with Gasteiger partial charge in [0.15, 0.2) is 0 Å². The Kier molecular flexibility index (Phi) is 4.72. The molecule has 0 spiro atoms. The summed E-state index contributed by atoms with van der Waals surface area (Å²) in [5.74, 6) is 0.978. The van der Waals surface area contributed by atoms with Gasteiger partial charge in [-0.25, -0.2) is 4.98 Å². The van der Waals surface area contributed by atoms with Gasteiger partial charge in [-0.3, -0.25) is 4.90 Å². The normalized spacial score (nSPS) is 16.6. The molecule has 0 unspecified atom stereocenters. The zero-order valence-corrected chi connectivity index (χ0v) is 11.7. The van der Waals surface area contributed by atoms with Gasteiger partial charge in [0.05, 0.1) is 5.56 Å². The van der Waals surface area contributed by atoms with E-state index in [0.29, 0.717) is 5.56 Å². The maximum absolute atomic E-state index is 8.76. The Morgan fingerprint density at radius 1 is 1.26 bits per heavy atom. The molecule has 0 amide bonds. The van der Waals surface area contributed by atoms with E-state index in [9.17, 15) is 0 Å². The van der Waals surface area contributed by atoms with E-state index >= 15 is 0 Å². The van der Waals surface area contributed by atoms with Crippen molar-refractivity contribution >= 4 is 5.82 Å². The number of aromatic nitrogens is 1. The third-order valence-corrected chi connectivity index (χ3v) is 3.44. The standard InChI is InChI=1S/C14H21N5/c1-17(2)5-6-18-7-9-19(10-8-18)14-4-3-13(11-15)12-16-14/h3-4,12H,5-10H2,1-2H3. The van der Waals surface area contributed by atoms with E-state index in [0.717, 1.165) is 45.1 Å². The van der Waals surface area contributed by atoms with Crippen LogP contribution in [0.25, 0.3) is 0 Å². The smallest absolute Gasteiger partial charge is 0.128 e. The minimum absolute atomic E-state index is 0.619. The predicted octanol–water partition coefficient (Wildman–Crippen LogP) is 0.637. The van der Waals surface area contributed by atoms with Gasteiger partial charge in [-0.15, -0.1) is 0 Å². The molecule has 0 aromatic carbocycles. The van der Waals surface area contributed by atoms with Gasteiger partial charge in [0.25, 0.3) is 0 Å². The van der Waals surface area contributed by atoms with Gasteiger partial charge in [-0.1, -0.05) is 0 Å². The second kappa shape index (κ2) is 6.50. The molecule has 0 saturated carbocycles. The number of nitrogens with zero attached hydrogens (tertiary/aromatic N) is 5. The Morgan fingerprint density at radius 2 is 2.00 bits per heavy atom. The first-order valence-corrected chi connectivity index (χ1v) is 6.67. The molecule has 1 aromatic heterocycles. The van der Waals surface area contributed by atoms with Crippen LogP contribution in [0.3, 0.4) is 0 Å². The summed E-state index contributed by atoms with van der Waals surface area (Å²) in [6, 6.07) is 5.87. The third-order valence-electron chi connectivity index (χ3n) is 3.44. The number of hydrogen-bond acceptors (Lipinski definition) is 5. The Labute approximate surface area is 115 Å². The summed E-state index contributed by atoms with van der Waals surface area (Å²) in [7, 11) is 4.22. The Bertz CT molecular complexity index is 426. The van der Waals surface area contributed by atoms with Crippen LogP contribution in [0.2, 0.25) is 0 Å². The molecule has 1 saturated heterocycles. The molecule has 0 aliphatic carbocycles. The van der Waals surface area contributed by atoms with Crippen LogP contribution in [0.4, 0.5) is 5.82 Å². The lowest BCUT2D eigenvalue weighted by Gasteiger charge is -2.35. The second-order valence-corrected chi connectivity index (χ2v) is 5.15. The van der Waals surface area contributed by atoms with E-state index in [2.05, 4.69) is 39.8 Å². The molecule has 102 valence electrons. The van der Waals surface area contributed by atoms with Crippen LogP contribution in [0, 0.1) is 11.3 Å². The minimum atomic E-state index is 0.619. The van der Waals surface area contributed by atoms with Crippen LogP contribution in [-0.4, -0.2) is 68.1 Å². The van der Waals surface area contributed by atoms with Crippen molar-refractivity contribution in [1.82, 2.24) is 14.8 Å². The van der Waals surface area contributed by atoms with E-state index in [-0.39, 0.29) is 0 Å². The summed E-state index contributed by atoms with van der Waals surface area (Å²) in [5.41, 5.74) is 0.619. The van der Waals surface area contributed by atoms with Crippen molar-refractivity contribution < 1.29 is 0 Å². The molecule has 1 aromatic rings. The summed E-state index contributed by atoms with van der Waals surface area (Å²) in [6.45, 7) is 6.40. The number of pyridine rings is 1. The summed E-state index contributed by atoms with van der Waals surface area (Å²) < 4.78 is 0. The van der Waals surface area contributed by atoms with Crippen LogP contribution in [0.15, 0.2) is 18.3 Å². The topological polar surface area (TPSA) is 46.4 Å². The van der Waals surface area contributed by atoms with Crippen LogP contribution >= 0.6 is 0 Å². The van der Waals surface area contributed by atoms with Crippen molar-refractivity contribution in [3.8, 4) is 6.07 Å². The largest absolute Gasteiger partial charge is 0.354 e. The van der Waals surface area contributed by atoms with Crippen LogP contribution in [-0.2, 0) is 0 Å². The second-order valence-electron chi connectivity index (χ2n) is 5.15. The number of nitriles is 1. The fourth-order valence-corrected chi connectivity index (χ4v) is 2.18. The monoisotopic (exact) mass is 259 g/mol. The maximum Gasteiger partial charge on any atom is 0.128 e. The molecule has 5 heteroatoms. The average Bonchev–Trinajstić information content (AvgIpc) is 2.46. The molecule has 19 heavy (non-hydrogen) atoms. The highest BCUT2D eigenvalue weighted by Crippen LogP contribution is 2.13. The molecule has 0 bridgehead atoms. The Morgan fingerprint density at radius 3 is 2.53 bits per heavy atom. The van der Waals surface area contributed by atoms with E-state index in [1.165, 1.54) is 0 Å². The number of rotatable bonds is 4. The average molecular weight is 259 g/mol. The molecule has 1 aliphatic heterocycles. The van der Waals surface area contributed by atoms with Gasteiger partial charge in [-0.05, 0) is 26.2 Å². The first kappa shape index (κ1) is 13.8. The van der Waals surface area contributed by atoms with Gasteiger partial charge >= 0.3 is 0 Å². The summed E-state index contributed by atoms with van der Waals surface area (Å²) in [6.07, 6.45) is 1.65. The first-order valence-electron chi connectivity index (χ1n) is 6.67. The van der Waals surface area contributed by atoms with Crippen molar-refractivity contribution in [2.45, 2.75) is 0 Å². The lowest BCUT2D eigenvalue weighted by molar-refractivity contribution is 0.229. The summed E-state index contributed by atoms with van der Waals surface area (Å²) in [5, 5.41) is 8.76. The lowest BCUT2D eigenvalue weighted by Crippen LogP contribution is -2.48. The number of hydrogen-bond donors (Lipinski definition) is 0. The van der Waals surface area contributed by atoms with Crippen molar-refractivity contribution in [2.75, 3.05) is 58.3 Å². The molecule has 0 atom stereocenters. The van der Waals surface area contributed by atoms with Crippen LogP contribution in [0.5, 0.6) is 0 Å². The van der Waals surface area contributed by atoms with Gasteiger partial charge in [0.1, 0.15) is 11.9 Å². The molecule has 2 heterocycles.